The van der Waals surface area contributed by atoms with Gasteiger partial charge in [0.2, 0.25) is 0 Å². The molecule has 0 aliphatic heterocycles. The Labute approximate surface area is 137 Å². The van der Waals surface area contributed by atoms with Gasteiger partial charge in [0.15, 0.2) is 16.7 Å². The van der Waals surface area contributed by atoms with Crippen LogP contribution in [-0.4, -0.2) is 27.1 Å². The van der Waals surface area contributed by atoms with Crippen LogP contribution < -0.4 is 4.74 Å². The van der Waals surface area contributed by atoms with E-state index in [2.05, 4.69) is 10.2 Å². The second-order valence-electron chi connectivity index (χ2n) is 4.85. The molecule has 0 saturated heterocycles. The second kappa shape index (κ2) is 7.32. The van der Waals surface area contributed by atoms with E-state index in [9.17, 15) is 4.39 Å². The van der Waals surface area contributed by atoms with Gasteiger partial charge in [-0.05, 0) is 42.8 Å². The minimum absolute atomic E-state index is 0.262. The lowest BCUT2D eigenvalue weighted by molar-refractivity contribution is 0.318. The molecule has 1 aromatic carbocycles. The van der Waals surface area contributed by atoms with Crippen molar-refractivity contribution < 1.29 is 13.5 Å². The first-order chi connectivity index (χ1) is 11.2. The normalized spacial score (nSPS) is 10.9. The molecule has 23 heavy (non-hydrogen) atoms. The minimum atomic E-state index is -0.262. The SMILES string of the molecule is Cn1c(SCCCOc2ccc(F)cc2)nnc1-c1ccco1. The molecule has 0 radical (unpaired) electrons. The summed E-state index contributed by atoms with van der Waals surface area (Å²) in [4.78, 5) is 0. The van der Waals surface area contributed by atoms with E-state index in [0.29, 0.717) is 23.9 Å². The molecule has 2 heterocycles. The van der Waals surface area contributed by atoms with Crippen LogP contribution in [0, 0.1) is 5.82 Å². The van der Waals surface area contributed by atoms with Crippen molar-refractivity contribution >= 4 is 11.8 Å². The first kappa shape index (κ1) is 15.6. The fourth-order valence-electron chi connectivity index (χ4n) is 2.00. The maximum Gasteiger partial charge on any atom is 0.200 e. The van der Waals surface area contributed by atoms with Crippen molar-refractivity contribution in [2.75, 3.05) is 12.4 Å². The molecule has 120 valence electrons. The summed E-state index contributed by atoms with van der Waals surface area (Å²) < 4.78 is 25.6. The molecule has 0 aliphatic carbocycles. The molecule has 0 spiro atoms. The Morgan fingerprint density at radius 2 is 2.04 bits per heavy atom. The number of rotatable bonds is 7. The van der Waals surface area contributed by atoms with E-state index < -0.39 is 0 Å². The number of ether oxygens (including phenoxy) is 1. The highest BCUT2D eigenvalue weighted by Crippen LogP contribution is 2.23. The summed E-state index contributed by atoms with van der Waals surface area (Å²) in [5, 5.41) is 9.15. The Morgan fingerprint density at radius 3 is 2.78 bits per heavy atom. The van der Waals surface area contributed by atoms with Crippen LogP contribution in [0.4, 0.5) is 4.39 Å². The Bertz CT molecular complexity index is 741. The van der Waals surface area contributed by atoms with Gasteiger partial charge in [-0.1, -0.05) is 11.8 Å². The third kappa shape index (κ3) is 3.92. The van der Waals surface area contributed by atoms with Gasteiger partial charge >= 0.3 is 0 Å². The van der Waals surface area contributed by atoms with E-state index in [1.807, 2.05) is 23.7 Å². The molecule has 3 rings (SSSR count). The quantitative estimate of drug-likeness (QED) is 0.486. The minimum Gasteiger partial charge on any atom is -0.494 e. The molecule has 0 unspecified atom stereocenters. The first-order valence-corrected chi connectivity index (χ1v) is 8.17. The van der Waals surface area contributed by atoms with Gasteiger partial charge in [0, 0.05) is 12.8 Å². The summed E-state index contributed by atoms with van der Waals surface area (Å²) in [5.74, 6) is 2.68. The summed E-state index contributed by atoms with van der Waals surface area (Å²) in [6, 6.07) is 9.71. The zero-order chi connectivity index (χ0) is 16.1. The lowest BCUT2D eigenvalue weighted by Crippen LogP contribution is -2.00. The molecule has 0 amide bonds. The van der Waals surface area contributed by atoms with Crippen LogP contribution in [0.25, 0.3) is 11.6 Å². The molecule has 0 bridgehead atoms. The number of benzene rings is 1. The fraction of sp³-hybridized carbons (Fsp3) is 0.250. The van der Waals surface area contributed by atoms with Crippen LogP contribution >= 0.6 is 11.8 Å². The van der Waals surface area contributed by atoms with Gasteiger partial charge < -0.3 is 13.7 Å². The van der Waals surface area contributed by atoms with Gasteiger partial charge in [0.05, 0.1) is 12.9 Å². The number of hydrogen-bond donors (Lipinski definition) is 0. The Hall–Kier alpha value is -2.28. The molecule has 2 aromatic heterocycles. The van der Waals surface area contributed by atoms with Gasteiger partial charge in [-0.3, -0.25) is 0 Å². The number of thioether (sulfide) groups is 1. The van der Waals surface area contributed by atoms with Gasteiger partial charge in [-0.2, -0.15) is 0 Å². The average molecular weight is 333 g/mol. The fourth-order valence-corrected chi connectivity index (χ4v) is 2.83. The van der Waals surface area contributed by atoms with Gasteiger partial charge in [0.1, 0.15) is 11.6 Å². The number of aromatic nitrogens is 3. The van der Waals surface area contributed by atoms with Gasteiger partial charge in [-0.25, -0.2) is 4.39 Å². The third-order valence-electron chi connectivity index (χ3n) is 3.18. The number of nitrogens with zero attached hydrogens (tertiary/aromatic N) is 3. The highest BCUT2D eigenvalue weighted by molar-refractivity contribution is 7.99. The van der Waals surface area contributed by atoms with Crippen molar-refractivity contribution in [3.05, 3.63) is 48.5 Å². The first-order valence-electron chi connectivity index (χ1n) is 7.18. The molecular formula is C16H16FN3O2S. The van der Waals surface area contributed by atoms with Crippen molar-refractivity contribution in [3.63, 3.8) is 0 Å². The topological polar surface area (TPSA) is 53.1 Å². The molecule has 5 nitrogen and oxygen atoms in total. The third-order valence-corrected chi connectivity index (χ3v) is 4.29. The number of hydrogen-bond acceptors (Lipinski definition) is 5. The van der Waals surface area contributed by atoms with E-state index in [0.717, 1.165) is 17.3 Å². The Balaban J connectivity index is 1.45. The molecule has 0 atom stereocenters. The zero-order valence-corrected chi connectivity index (χ0v) is 13.4. The van der Waals surface area contributed by atoms with Crippen LogP contribution in [0.3, 0.4) is 0 Å². The monoisotopic (exact) mass is 333 g/mol. The summed E-state index contributed by atoms with van der Waals surface area (Å²) in [6.07, 6.45) is 2.47. The lowest BCUT2D eigenvalue weighted by Gasteiger charge is -2.06. The molecule has 0 N–H and O–H groups in total. The van der Waals surface area contributed by atoms with Crippen molar-refractivity contribution in [3.8, 4) is 17.3 Å². The predicted molar refractivity (Wildman–Crippen MR) is 85.9 cm³/mol. The van der Waals surface area contributed by atoms with E-state index in [-0.39, 0.29) is 5.82 Å². The molecule has 0 saturated carbocycles. The van der Waals surface area contributed by atoms with Crippen LogP contribution in [-0.2, 0) is 7.05 Å². The molecule has 0 aliphatic rings. The van der Waals surface area contributed by atoms with Crippen LogP contribution in [0.15, 0.2) is 52.2 Å². The smallest absolute Gasteiger partial charge is 0.200 e. The van der Waals surface area contributed by atoms with E-state index in [1.165, 1.54) is 12.1 Å². The summed E-state index contributed by atoms with van der Waals surface area (Å²) in [6.45, 7) is 0.571. The summed E-state index contributed by atoms with van der Waals surface area (Å²) in [5.41, 5.74) is 0. The van der Waals surface area contributed by atoms with Crippen LogP contribution in [0.5, 0.6) is 5.75 Å². The van der Waals surface area contributed by atoms with E-state index >= 15 is 0 Å². The van der Waals surface area contributed by atoms with Gasteiger partial charge in [-0.15, -0.1) is 10.2 Å². The van der Waals surface area contributed by atoms with Crippen molar-refractivity contribution in [1.82, 2.24) is 14.8 Å². The lowest BCUT2D eigenvalue weighted by atomic mass is 10.3. The predicted octanol–water partition coefficient (Wildman–Crippen LogP) is 3.78. The highest BCUT2D eigenvalue weighted by Gasteiger charge is 2.12. The van der Waals surface area contributed by atoms with E-state index in [1.54, 1.807) is 30.2 Å². The zero-order valence-electron chi connectivity index (χ0n) is 12.6. The average Bonchev–Trinajstić information content (AvgIpc) is 3.19. The standard InChI is InChI=1S/C16H16FN3O2S/c1-20-15(14-4-2-9-22-14)18-19-16(20)23-11-3-10-21-13-7-5-12(17)6-8-13/h2,4-9H,3,10-11H2,1H3. The Morgan fingerprint density at radius 1 is 1.22 bits per heavy atom. The molecular weight excluding hydrogens is 317 g/mol. The Kier molecular flexibility index (Phi) is 4.97. The maximum absolute atomic E-state index is 12.8. The van der Waals surface area contributed by atoms with E-state index in [4.69, 9.17) is 9.15 Å². The molecule has 0 fully saturated rings. The number of halogens is 1. The maximum atomic E-state index is 12.8. The molecule has 3 aromatic rings. The second-order valence-corrected chi connectivity index (χ2v) is 5.91. The largest absolute Gasteiger partial charge is 0.494 e. The van der Waals surface area contributed by atoms with Crippen LogP contribution in [0.1, 0.15) is 6.42 Å². The highest BCUT2D eigenvalue weighted by atomic mass is 32.2. The number of furan rings is 1. The molecule has 7 heteroatoms. The summed E-state index contributed by atoms with van der Waals surface area (Å²) in [7, 11) is 1.91. The van der Waals surface area contributed by atoms with Crippen molar-refractivity contribution in [1.29, 1.82) is 0 Å². The van der Waals surface area contributed by atoms with Crippen molar-refractivity contribution in [2.45, 2.75) is 11.6 Å². The van der Waals surface area contributed by atoms with Crippen molar-refractivity contribution in [2.24, 2.45) is 7.05 Å². The van der Waals surface area contributed by atoms with Crippen LogP contribution in [0.2, 0.25) is 0 Å². The summed E-state index contributed by atoms with van der Waals surface area (Å²) >= 11 is 1.61. The van der Waals surface area contributed by atoms with Gasteiger partial charge in [0.25, 0.3) is 0 Å².